The fourth-order valence-corrected chi connectivity index (χ4v) is 5.90. The zero-order valence-electron chi connectivity index (χ0n) is 14.5. The second kappa shape index (κ2) is 5.29. The average Bonchev–Trinajstić information content (AvgIpc) is 2.81. The molecule has 0 bridgehead atoms. The normalized spacial score (nSPS) is 44.0. The third kappa shape index (κ3) is 2.30. The highest BCUT2D eigenvalue weighted by Gasteiger charge is 2.55. The molecule has 4 aliphatic carbocycles. The van der Waals surface area contributed by atoms with Crippen LogP contribution < -0.4 is 0 Å². The first kappa shape index (κ1) is 16.1. The summed E-state index contributed by atoms with van der Waals surface area (Å²) >= 11 is 0. The highest BCUT2D eigenvalue weighted by Crippen LogP contribution is 2.60. The molecule has 3 saturated carbocycles. The van der Waals surface area contributed by atoms with Crippen LogP contribution in [0.4, 0.5) is 0 Å². The SMILES string of the molecule is CC(=O)OC1(O)C=C2CC[C@@H]3[C@H](CC[C@]4(C)C(=O)CC[C@@H]34)C2=CC1. The van der Waals surface area contributed by atoms with Crippen molar-refractivity contribution in [2.45, 2.75) is 64.6 Å². The molecule has 1 N–H and O–H groups in total. The molecular weight excluding hydrogens is 304 g/mol. The van der Waals surface area contributed by atoms with Gasteiger partial charge >= 0.3 is 5.97 Å². The Kier molecular flexibility index (Phi) is 3.54. The molecule has 3 fully saturated rings. The number of carbonyl (C=O) groups excluding carboxylic acids is 2. The number of fused-ring (bicyclic) bond motifs is 5. The fraction of sp³-hybridized carbons (Fsp3) is 0.700. The van der Waals surface area contributed by atoms with E-state index < -0.39 is 11.8 Å². The highest BCUT2D eigenvalue weighted by molar-refractivity contribution is 5.87. The van der Waals surface area contributed by atoms with Gasteiger partial charge in [0.05, 0.1) is 0 Å². The summed E-state index contributed by atoms with van der Waals surface area (Å²) in [5.41, 5.74) is 2.37. The molecule has 0 aromatic heterocycles. The summed E-state index contributed by atoms with van der Waals surface area (Å²) in [6, 6.07) is 0. The molecular formula is C20H26O4. The van der Waals surface area contributed by atoms with Crippen LogP contribution in [-0.4, -0.2) is 22.6 Å². The van der Waals surface area contributed by atoms with Crippen molar-refractivity contribution in [1.82, 2.24) is 0 Å². The smallest absolute Gasteiger partial charge is 0.305 e. The molecule has 24 heavy (non-hydrogen) atoms. The van der Waals surface area contributed by atoms with E-state index in [1.54, 1.807) is 6.08 Å². The van der Waals surface area contributed by atoms with Gasteiger partial charge in [-0.25, -0.2) is 0 Å². The highest BCUT2D eigenvalue weighted by atomic mass is 16.7. The van der Waals surface area contributed by atoms with E-state index in [4.69, 9.17) is 4.74 Å². The van der Waals surface area contributed by atoms with Crippen LogP contribution in [0, 0.1) is 23.2 Å². The Bertz CT molecular complexity index is 661. The van der Waals surface area contributed by atoms with Gasteiger partial charge in [-0.2, -0.15) is 0 Å². The predicted octanol–water partition coefficient (Wildman–Crippen LogP) is 3.30. The van der Waals surface area contributed by atoms with Gasteiger partial charge in [0.1, 0.15) is 5.78 Å². The lowest BCUT2D eigenvalue weighted by atomic mass is 9.54. The van der Waals surface area contributed by atoms with Crippen molar-refractivity contribution >= 4 is 11.8 Å². The number of rotatable bonds is 1. The van der Waals surface area contributed by atoms with Gasteiger partial charge in [0, 0.05) is 25.2 Å². The van der Waals surface area contributed by atoms with E-state index in [1.165, 1.54) is 12.5 Å². The first-order valence-electron chi connectivity index (χ1n) is 9.20. The second-order valence-corrected chi connectivity index (χ2v) is 8.31. The largest absolute Gasteiger partial charge is 0.429 e. The van der Waals surface area contributed by atoms with Crippen LogP contribution >= 0.6 is 0 Å². The maximum Gasteiger partial charge on any atom is 0.305 e. The summed E-state index contributed by atoms with van der Waals surface area (Å²) in [4.78, 5) is 23.6. The van der Waals surface area contributed by atoms with E-state index >= 15 is 0 Å². The van der Waals surface area contributed by atoms with Crippen LogP contribution in [0.25, 0.3) is 0 Å². The van der Waals surface area contributed by atoms with Gasteiger partial charge in [-0.3, -0.25) is 9.59 Å². The number of carbonyl (C=O) groups is 2. The van der Waals surface area contributed by atoms with Crippen LogP contribution in [0.2, 0.25) is 0 Å². The van der Waals surface area contributed by atoms with Crippen LogP contribution in [0.1, 0.15) is 58.8 Å². The predicted molar refractivity (Wildman–Crippen MR) is 88.8 cm³/mol. The molecule has 0 aromatic rings. The van der Waals surface area contributed by atoms with Gasteiger partial charge in [-0.05, 0) is 67.1 Å². The Morgan fingerprint density at radius 2 is 2.08 bits per heavy atom. The molecule has 5 atom stereocenters. The summed E-state index contributed by atoms with van der Waals surface area (Å²) in [6.07, 6.45) is 9.96. The van der Waals surface area contributed by atoms with Gasteiger partial charge in [0.2, 0.25) is 5.79 Å². The molecule has 4 nitrogen and oxygen atoms in total. The molecule has 4 heteroatoms. The Labute approximate surface area is 143 Å². The Morgan fingerprint density at radius 1 is 1.29 bits per heavy atom. The maximum atomic E-state index is 12.4. The number of esters is 1. The van der Waals surface area contributed by atoms with Crippen molar-refractivity contribution < 1.29 is 19.4 Å². The molecule has 4 rings (SSSR count). The molecule has 4 aliphatic rings. The first-order chi connectivity index (χ1) is 11.3. The number of ketones is 1. The third-order valence-electron chi connectivity index (χ3n) is 7.00. The minimum Gasteiger partial charge on any atom is -0.429 e. The second-order valence-electron chi connectivity index (χ2n) is 8.31. The Hall–Kier alpha value is -1.42. The van der Waals surface area contributed by atoms with Crippen molar-refractivity contribution in [2.24, 2.45) is 23.2 Å². The van der Waals surface area contributed by atoms with Gasteiger partial charge in [0.25, 0.3) is 0 Å². The number of hydrogen-bond donors (Lipinski definition) is 1. The summed E-state index contributed by atoms with van der Waals surface area (Å²) in [5.74, 6) is 0.117. The molecule has 0 amide bonds. The Morgan fingerprint density at radius 3 is 2.83 bits per heavy atom. The summed E-state index contributed by atoms with van der Waals surface area (Å²) in [7, 11) is 0. The van der Waals surface area contributed by atoms with E-state index in [9.17, 15) is 14.7 Å². The molecule has 130 valence electrons. The van der Waals surface area contributed by atoms with Crippen LogP contribution in [-0.2, 0) is 14.3 Å². The standard InChI is InChI=1S/C20H26O4/c1-12(21)24-20(23)10-8-14-13(11-20)3-4-16-15(14)7-9-19(2)17(16)5-6-18(19)22/h8,11,15-17,23H,3-7,9-10H2,1-2H3/t15-,16-,17+,19+,20?/m1/s1. The fourth-order valence-electron chi connectivity index (χ4n) is 5.90. The van der Waals surface area contributed by atoms with E-state index in [0.717, 1.165) is 44.1 Å². The number of ether oxygens (including phenoxy) is 1. The lowest BCUT2D eigenvalue weighted by Crippen LogP contribution is -2.45. The van der Waals surface area contributed by atoms with Gasteiger partial charge in [0.15, 0.2) is 0 Å². The molecule has 0 heterocycles. The lowest BCUT2D eigenvalue weighted by Gasteiger charge is -2.50. The van der Waals surface area contributed by atoms with Crippen molar-refractivity contribution in [3.05, 3.63) is 23.3 Å². The van der Waals surface area contributed by atoms with Crippen molar-refractivity contribution in [2.75, 3.05) is 0 Å². The summed E-state index contributed by atoms with van der Waals surface area (Å²) in [6.45, 7) is 3.51. The minimum atomic E-state index is -1.48. The monoisotopic (exact) mass is 330 g/mol. The summed E-state index contributed by atoms with van der Waals surface area (Å²) < 4.78 is 5.11. The number of hydrogen-bond acceptors (Lipinski definition) is 4. The van der Waals surface area contributed by atoms with Crippen LogP contribution in [0.5, 0.6) is 0 Å². The van der Waals surface area contributed by atoms with E-state index in [2.05, 4.69) is 13.0 Å². The van der Waals surface area contributed by atoms with Crippen molar-refractivity contribution in [3.8, 4) is 0 Å². The summed E-state index contributed by atoms with van der Waals surface area (Å²) in [5, 5.41) is 10.5. The molecule has 1 unspecified atom stereocenters. The minimum absolute atomic E-state index is 0.101. The van der Waals surface area contributed by atoms with E-state index in [-0.39, 0.29) is 5.41 Å². The number of Topliss-reactive ketones (excluding diaryl/α,β-unsaturated/α-hetero) is 1. The number of allylic oxidation sites excluding steroid dienone is 2. The average molecular weight is 330 g/mol. The molecule has 0 radical (unpaired) electrons. The molecule has 0 aromatic carbocycles. The van der Waals surface area contributed by atoms with Gasteiger partial charge < -0.3 is 9.84 Å². The lowest BCUT2D eigenvalue weighted by molar-refractivity contribution is -0.187. The molecule has 0 spiro atoms. The maximum absolute atomic E-state index is 12.4. The quantitative estimate of drug-likeness (QED) is 0.592. The van der Waals surface area contributed by atoms with E-state index in [0.29, 0.717) is 30.0 Å². The zero-order valence-corrected chi connectivity index (χ0v) is 14.5. The number of aliphatic hydroxyl groups is 1. The van der Waals surface area contributed by atoms with E-state index in [1.807, 2.05) is 0 Å². The van der Waals surface area contributed by atoms with Crippen LogP contribution in [0.15, 0.2) is 23.3 Å². The van der Waals surface area contributed by atoms with Crippen molar-refractivity contribution in [3.63, 3.8) is 0 Å². The molecule has 0 aliphatic heterocycles. The van der Waals surface area contributed by atoms with Gasteiger partial charge in [-0.15, -0.1) is 0 Å². The molecule has 0 saturated heterocycles. The Balaban J connectivity index is 1.60. The third-order valence-corrected chi connectivity index (χ3v) is 7.00. The van der Waals surface area contributed by atoms with Gasteiger partial charge in [-0.1, -0.05) is 13.0 Å². The van der Waals surface area contributed by atoms with Crippen LogP contribution in [0.3, 0.4) is 0 Å². The first-order valence-corrected chi connectivity index (χ1v) is 9.20. The zero-order chi connectivity index (χ0) is 17.1. The topological polar surface area (TPSA) is 63.6 Å². The van der Waals surface area contributed by atoms with Crippen molar-refractivity contribution in [1.29, 1.82) is 0 Å².